The maximum Gasteiger partial charge on any atom is 0.0440 e. The Balaban J connectivity index is 1.98. The molecule has 100 valence electrons. The molecule has 1 aromatic carbocycles. The molecule has 0 spiro atoms. The summed E-state index contributed by atoms with van der Waals surface area (Å²) in [6, 6.07) is 15.1. The van der Waals surface area contributed by atoms with Crippen molar-refractivity contribution in [3.8, 4) is 0 Å². The van der Waals surface area contributed by atoms with Crippen LogP contribution in [-0.2, 0) is 0 Å². The summed E-state index contributed by atoms with van der Waals surface area (Å²) in [5, 5.41) is 5.77. The second-order valence-electron chi connectivity index (χ2n) is 5.09. The molecule has 2 rings (SSSR count). The van der Waals surface area contributed by atoms with E-state index in [9.17, 15) is 0 Å². The topological polar surface area (TPSA) is 12.0 Å². The van der Waals surface area contributed by atoms with Crippen molar-refractivity contribution in [2.45, 2.75) is 19.9 Å². The number of thiophene rings is 1. The van der Waals surface area contributed by atoms with Crippen molar-refractivity contribution in [3.05, 3.63) is 64.9 Å². The van der Waals surface area contributed by atoms with Gasteiger partial charge < -0.3 is 5.32 Å². The Morgan fingerprint density at radius 3 is 2.47 bits per heavy atom. The van der Waals surface area contributed by atoms with Crippen LogP contribution in [0.25, 0.3) is 5.57 Å². The zero-order valence-corrected chi connectivity index (χ0v) is 12.4. The molecule has 19 heavy (non-hydrogen) atoms. The van der Waals surface area contributed by atoms with Crippen molar-refractivity contribution >= 4 is 16.9 Å². The predicted molar refractivity (Wildman–Crippen MR) is 85.4 cm³/mol. The van der Waals surface area contributed by atoms with Crippen LogP contribution in [0.4, 0.5) is 0 Å². The molecule has 0 aliphatic rings. The van der Waals surface area contributed by atoms with Crippen LogP contribution in [0.2, 0.25) is 0 Å². The van der Waals surface area contributed by atoms with Gasteiger partial charge in [-0.15, -0.1) is 11.3 Å². The maximum absolute atomic E-state index is 4.18. The summed E-state index contributed by atoms with van der Waals surface area (Å²) in [6.07, 6.45) is 0. The van der Waals surface area contributed by atoms with Crippen molar-refractivity contribution in [2.75, 3.05) is 6.54 Å². The molecule has 2 heteroatoms. The molecule has 0 saturated heterocycles. The molecule has 1 heterocycles. The molecule has 1 N–H and O–H groups in total. The number of hydrogen-bond donors (Lipinski definition) is 1. The minimum atomic E-state index is 0.403. The fraction of sp³-hybridized carbons (Fsp3) is 0.294. The van der Waals surface area contributed by atoms with E-state index < -0.39 is 0 Å². The highest BCUT2D eigenvalue weighted by Crippen LogP contribution is 2.26. The van der Waals surface area contributed by atoms with E-state index in [1.54, 1.807) is 0 Å². The molecule has 1 atom stereocenters. The number of hydrogen-bond acceptors (Lipinski definition) is 2. The van der Waals surface area contributed by atoms with E-state index in [0.29, 0.717) is 12.0 Å². The van der Waals surface area contributed by atoms with Crippen molar-refractivity contribution in [3.63, 3.8) is 0 Å². The van der Waals surface area contributed by atoms with E-state index in [0.717, 1.165) is 12.1 Å². The van der Waals surface area contributed by atoms with E-state index >= 15 is 0 Å². The van der Waals surface area contributed by atoms with E-state index in [1.807, 2.05) is 17.4 Å². The monoisotopic (exact) mass is 271 g/mol. The van der Waals surface area contributed by atoms with Gasteiger partial charge in [-0.2, -0.15) is 0 Å². The quantitative estimate of drug-likeness (QED) is 0.799. The lowest BCUT2D eigenvalue weighted by atomic mass is 10.0. The van der Waals surface area contributed by atoms with Crippen LogP contribution in [0.1, 0.15) is 30.3 Å². The van der Waals surface area contributed by atoms with Gasteiger partial charge in [0.15, 0.2) is 0 Å². The summed E-state index contributed by atoms with van der Waals surface area (Å²) in [5.74, 6) is 0.572. The zero-order valence-electron chi connectivity index (χ0n) is 11.6. The van der Waals surface area contributed by atoms with Gasteiger partial charge in [0.1, 0.15) is 0 Å². The fourth-order valence-electron chi connectivity index (χ4n) is 2.14. The van der Waals surface area contributed by atoms with Crippen molar-refractivity contribution < 1.29 is 0 Å². The van der Waals surface area contributed by atoms with Crippen LogP contribution in [0, 0.1) is 5.92 Å². The van der Waals surface area contributed by atoms with E-state index in [4.69, 9.17) is 0 Å². The van der Waals surface area contributed by atoms with Crippen LogP contribution in [0.5, 0.6) is 0 Å². The molecular weight excluding hydrogens is 250 g/mol. The van der Waals surface area contributed by atoms with Crippen molar-refractivity contribution in [2.24, 2.45) is 5.92 Å². The lowest BCUT2D eigenvalue weighted by Crippen LogP contribution is -2.26. The maximum atomic E-state index is 4.18. The van der Waals surface area contributed by atoms with Gasteiger partial charge >= 0.3 is 0 Å². The molecule has 1 aromatic heterocycles. The molecule has 0 bridgehead atoms. The molecule has 0 aliphatic carbocycles. The zero-order chi connectivity index (χ0) is 13.7. The Kier molecular flexibility index (Phi) is 4.94. The highest BCUT2D eigenvalue weighted by molar-refractivity contribution is 7.10. The smallest absolute Gasteiger partial charge is 0.0440 e. The third kappa shape index (κ3) is 3.79. The van der Waals surface area contributed by atoms with Gasteiger partial charge in [-0.25, -0.2) is 0 Å². The first-order valence-electron chi connectivity index (χ1n) is 6.68. The van der Waals surface area contributed by atoms with Crippen LogP contribution in [0.15, 0.2) is 54.4 Å². The summed E-state index contributed by atoms with van der Waals surface area (Å²) < 4.78 is 0. The Morgan fingerprint density at radius 1 is 1.16 bits per heavy atom. The molecule has 1 nitrogen and oxygen atoms in total. The van der Waals surface area contributed by atoms with Gasteiger partial charge in [-0.05, 0) is 28.5 Å². The third-order valence-electron chi connectivity index (χ3n) is 3.23. The molecule has 1 unspecified atom stereocenters. The molecule has 0 fully saturated rings. The molecule has 0 radical (unpaired) electrons. The first kappa shape index (κ1) is 14.0. The third-order valence-corrected chi connectivity index (χ3v) is 4.19. The van der Waals surface area contributed by atoms with Gasteiger partial charge in [0.2, 0.25) is 0 Å². The lowest BCUT2D eigenvalue weighted by molar-refractivity contribution is 0.437. The SMILES string of the molecule is C=C(CNC(c1cccs1)C(C)C)c1ccccc1. The predicted octanol–water partition coefficient (Wildman–Crippen LogP) is 4.75. The Morgan fingerprint density at radius 2 is 1.89 bits per heavy atom. The minimum Gasteiger partial charge on any atom is -0.305 e. The number of nitrogens with one attached hydrogen (secondary N) is 1. The van der Waals surface area contributed by atoms with Crippen LogP contribution in [0.3, 0.4) is 0 Å². The minimum absolute atomic E-state index is 0.403. The lowest BCUT2D eigenvalue weighted by Gasteiger charge is -2.22. The summed E-state index contributed by atoms with van der Waals surface area (Å²) >= 11 is 1.81. The van der Waals surface area contributed by atoms with Gasteiger partial charge in [-0.1, -0.05) is 56.8 Å². The summed E-state index contributed by atoms with van der Waals surface area (Å²) in [6.45, 7) is 9.51. The van der Waals surface area contributed by atoms with Crippen molar-refractivity contribution in [1.82, 2.24) is 5.32 Å². The summed E-state index contributed by atoms with van der Waals surface area (Å²) in [5.41, 5.74) is 2.35. The molecular formula is C17H21NS. The van der Waals surface area contributed by atoms with Crippen LogP contribution >= 0.6 is 11.3 Å². The Hall–Kier alpha value is -1.38. The first-order valence-corrected chi connectivity index (χ1v) is 7.56. The Bertz CT molecular complexity index is 499. The number of benzene rings is 1. The van der Waals surface area contributed by atoms with Crippen LogP contribution < -0.4 is 5.32 Å². The van der Waals surface area contributed by atoms with E-state index in [2.05, 4.69) is 67.5 Å². The summed E-state index contributed by atoms with van der Waals surface area (Å²) in [7, 11) is 0. The highest BCUT2D eigenvalue weighted by Gasteiger charge is 2.16. The first-order chi connectivity index (χ1) is 9.18. The fourth-order valence-corrected chi connectivity index (χ4v) is 3.12. The number of rotatable bonds is 6. The van der Waals surface area contributed by atoms with Gasteiger partial charge in [-0.3, -0.25) is 0 Å². The van der Waals surface area contributed by atoms with Gasteiger partial charge in [0.25, 0.3) is 0 Å². The standard InChI is InChI=1S/C17H21NS/c1-13(2)17(16-10-7-11-19-16)18-12-14(3)15-8-5-4-6-9-15/h4-11,13,17-18H,3,12H2,1-2H3. The largest absolute Gasteiger partial charge is 0.305 e. The normalized spacial score (nSPS) is 12.6. The second kappa shape index (κ2) is 6.69. The summed E-state index contributed by atoms with van der Waals surface area (Å²) in [4.78, 5) is 1.40. The van der Waals surface area contributed by atoms with Gasteiger partial charge in [0.05, 0.1) is 0 Å². The molecule has 0 amide bonds. The molecule has 0 saturated carbocycles. The molecule has 0 aliphatic heterocycles. The average Bonchev–Trinajstić information content (AvgIpc) is 2.93. The second-order valence-corrected chi connectivity index (χ2v) is 6.07. The molecule has 2 aromatic rings. The van der Waals surface area contributed by atoms with Gasteiger partial charge in [0, 0.05) is 17.5 Å². The highest BCUT2D eigenvalue weighted by atomic mass is 32.1. The van der Waals surface area contributed by atoms with E-state index in [1.165, 1.54) is 10.4 Å². The average molecular weight is 271 g/mol. The van der Waals surface area contributed by atoms with Crippen molar-refractivity contribution in [1.29, 1.82) is 0 Å². The van der Waals surface area contributed by atoms with Crippen LogP contribution in [-0.4, -0.2) is 6.54 Å². The Labute approximate surface area is 120 Å². The van der Waals surface area contributed by atoms with E-state index in [-0.39, 0.29) is 0 Å².